The van der Waals surface area contributed by atoms with Gasteiger partial charge in [0.2, 0.25) is 0 Å². The lowest BCUT2D eigenvalue weighted by Gasteiger charge is -2.24. The van der Waals surface area contributed by atoms with Crippen LogP contribution in [0.15, 0.2) is 78.9 Å². The summed E-state index contributed by atoms with van der Waals surface area (Å²) in [7, 11) is 0. The van der Waals surface area contributed by atoms with Crippen molar-refractivity contribution in [1.82, 2.24) is 0 Å². The number of hydrogen-bond donors (Lipinski definition) is 0. The molecule has 2 nitrogen and oxygen atoms in total. The van der Waals surface area contributed by atoms with Gasteiger partial charge in [0.05, 0.1) is 0 Å². The van der Waals surface area contributed by atoms with Gasteiger partial charge in [0.25, 0.3) is 0 Å². The summed E-state index contributed by atoms with van der Waals surface area (Å²) in [6.07, 6.45) is 3.10. The van der Waals surface area contributed by atoms with Crippen LogP contribution < -0.4 is 9.05 Å². The zero-order valence-corrected chi connectivity index (χ0v) is 22.6. The van der Waals surface area contributed by atoms with Crippen LogP contribution in [0.3, 0.4) is 0 Å². The molecule has 0 aliphatic rings. The van der Waals surface area contributed by atoms with Crippen LogP contribution in [0.2, 0.25) is 0 Å². The maximum Gasteiger partial charge on any atom is 0.348 e. The Morgan fingerprint density at radius 1 is 0.758 bits per heavy atom. The molecule has 33 heavy (non-hydrogen) atoms. The van der Waals surface area contributed by atoms with E-state index in [-0.39, 0.29) is 0 Å². The van der Waals surface area contributed by atoms with Crippen molar-refractivity contribution in [2.75, 3.05) is 5.75 Å². The van der Waals surface area contributed by atoms with Gasteiger partial charge in [0.15, 0.2) is 0 Å². The van der Waals surface area contributed by atoms with Gasteiger partial charge in [-0.05, 0) is 95.2 Å². The number of rotatable bonds is 12. The Morgan fingerprint density at radius 3 is 1.76 bits per heavy atom. The molecule has 3 aromatic carbocycles. The zero-order valence-electron chi connectivity index (χ0n) is 20.1. The molecular weight excluding hydrogens is 463 g/mol. The maximum atomic E-state index is 6.47. The second kappa shape index (κ2) is 12.6. The summed E-state index contributed by atoms with van der Waals surface area (Å²) in [6.45, 7) is 8.88. The molecule has 0 heterocycles. The monoisotopic (exact) mass is 498 g/mol. The third kappa shape index (κ3) is 7.91. The third-order valence-electron chi connectivity index (χ3n) is 6.00. The van der Waals surface area contributed by atoms with Crippen LogP contribution in [-0.2, 0) is 18.2 Å². The van der Waals surface area contributed by atoms with Gasteiger partial charge < -0.3 is 9.05 Å². The van der Waals surface area contributed by atoms with Crippen molar-refractivity contribution in [1.29, 1.82) is 0 Å². The Balaban J connectivity index is 1.82. The first-order chi connectivity index (χ1) is 15.9. The van der Waals surface area contributed by atoms with E-state index >= 15 is 0 Å². The average Bonchev–Trinajstić information content (AvgIpc) is 2.83. The molecule has 0 bridgehead atoms. The molecule has 2 unspecified atom stereocenters. The Morgan fingerprint density at radius 2 is 1.27 bits per heavy atom. The molecule has 0 aromatic heterocycles. The van der Waals surface area contributed by atoms with Gasteiger partial charge in [-0.15, -0.1) is 0 Å². The minimum absolute atomic E-state index is 0.477. The fourth-order valence-corrected chi connectivity index (χ4v) is 7.88. The second-order valence-electron chi connectivity index (χ2n) is 8.46. The van der Waals surface area contributed by atoms with Crippen molar-refractivity contribution in [2.45, 2.75) is 58.8 Å². The quantitative estimate of drug-likeness (QED) is 0.231. The molecule has 0 spiro atoms. The van der Waals surface area contributed by atoms with Gasteiger partial charge >= 0.3 is 5.69 Å². The fourth-order valence-electron chi connectivity index (χ4n) is 3.48. The van der Waals surface area contributed by atoms with Gasteiger partial charge in [-0.2, -0.15) is 0 Å². The normalized spacial score (nSPS) is 14.8. The highest BCUT2D eigenvalue weighted by Crippen LogP contribution is 2.60. The Kier molecular flexibility index (Phi) is 9.92. The lowest BCUT2D eigenvalue weighted by atomic mass is 9.99. The summed E-state index contributed by atoms with van der Waals surface area (Å²) in [4.78, 5) is 0. The van der Waals surface area contributed by atoms with Gasteiger partial charge in [0, 0.05) is 5.75 Å². The van der Waals surface area contributed by atoms with E-state index < -0.39 is 5.69 Å². The van der Waals surface area contributed by atoms with Crippen molar-refractivity contribution in [3.63, 3.8) is 0 Å². The molecule has 2 atom stereocenters. The molecule has 3 aromatic rings. The summed E-state index contributed by atoms with van der Waals surface area (Å²) >= 11 is 7.72. The van der Waals surface area contributed by atoms with Crippen LogP contribution in [0.5, 0.6) is 11.5 Å². The molecule has 0 radical (unpaired) electrons. The molecule has 0 N–H and O–H groups in total. The predicted octanol–water partition coefficient (Wildman–Crippen LogP) is 9.37. The summed E-state index contributed by atoms with van der Waals surface area (Å²) < 4.78 is 12.9. The molecule has 0 saturated heterocycles. The Labute approximate surface area is 209 Å². The Bertz CT molecular complexity index is 995. The minimum atomic E-state index is -2.67. The second-order valence-corrected chi connectivity index (χ2v) is 14.7. The number of hydrogen-bond acceptors (Lipinski definition) is 4. The van der Waals surface area contributed by atoms with Crippen LogP contribution in [0.4, 0.5) is 0 Å². The average molecular weight is 499 g/mol. The first-order valence-electron chi connectivity index (χ1n) is 11.8. The molecule has 0 aliphatic carbocycles. The van der Waals surface area contributed by atoms with E-state index in [2.05, 4.69) is 88.4 Å². The van der Waals surface area contributed by atoms with Crippen molar-refractivity contribution in [3.8, 4) is 11.5 Å². The van der Waals surface area contributed by atoms with E-state index in [1.807, 2.05) is 18.2 Å². The molecule has 176 valence electrons. The van der Waals surface area contributed by atoms with Gasteiger partial charge in [-0.3, -0.25) is 0 Å². The van der Waals surface area contributed by atoms with Crippen molar-refractivity contribution in [3.05, 3.63) is 95.6 Å². The van der Waals surface area contributed by atoms with Gasteiger partial charge in [-0.25, -0.2) is 0 Å². The van der Waals surface area contributed by atoms with Crippen molar-refractivity contribution in [2.24, 2.45) is 0 Å². The lowest BCUT2D eigenvalue weighted by Crippen LogP contribution is -2.01. The van der Waals surface area contributed by atoms with E-state index in [1.165, 1.54) is 16.7 Å². The van der Waals surface area contributed by atoms with Crippen LogP contribution in [0.25, 0.3) is 0 Å². The molecular formula is C28H35O2PS2. The minimum Gasteiger partial charge on any atom is -0.428 e. The van der Waals surface area contributed by atoms with E-state index in [1.54, 1.807) is 11.4 Å². The molecule has 5 heteroatoms. The summed E-state index contributed by atoms with van der Waals surface area (Å²) in [5.74, 6) is 3.38. The number of benzene rings is 3. The van der Waals surface area contributed by atoms with E-state index in [9.17, 15) is 0 Å². The van der Waals surface area contributed by atoms with E-state index in [4.69, 9.17) is 20.9 Å². The van der Waals surface area contributed by atoms with Gasteiger partial charge in [0.1, 0.15) is 11.5 Å². The smallest absolute Gasteiger partial charge is 0.348 e. The van der Waals surface area contributed by atoms with Gasteiger partial charge in [-0.1, -0.05) is 82.3 Å². The summed E-state index contributed by atoms with van der Waals surface area (Å²) in [6, 6.07) is 27.1. The molecule has 0 amide bonds. The Hall–Kier alpha value is -1.74. The van der Waals surface area contributed by atoms with E-state index in [0.717, 1.165) is 36.5 Å². The lowest BCUT2D eigenvalue weighted by molar-refractivity contribution is 0.504. The zero-order chi connectivity index (χ0) is 23.7. The molecule has 0 aliphatic heterocycles. The first-order valence-corrected chi connectivity index (χ1v) is 16.0. The fraction of sp³-hybridized carbons (Fsp3) is 0.357. The highest BCUT2D eigenvalue weighted by molar-refractivity contribution is 8.68. The van der Waals surface area contributed by atoms with Crippen LogP contribution in [0, 0.1) is 0 Å². The molecule has 3 rings (SSSR count). The molecule has 0 fully saturated rings. The number of aryl methyl sites for hydroxylation is 1. The summed E-state index contributed by atoms with van der Waals surface area (Å²) in [5.41, 5.74) is 1.16. The van der Waals surface area contributed by atoms with Crippen LogP contribution in [0.1, 0.15) is 69.1 Å². The highest BCUT2D eigenvalue weighted by atomic mass is 32.9. The van der Waals surface area contributed by atoms with Crippen LogP contribution >= 0.6 is 17.1 Å². The maximum absolute atomic E-state index is 6.47. The van der Waals surface area contributed by atoms with Crippen molar-refractivity contribution < 1.29 is 9.05 Å². The SMILES string of the molecule is CCC(C)c1cccc(OP(=S)(Oc2cccc(C(C)CC)c2)SCCc2ccccc2)c1. The highest BCUT2D eigenvalue weighted by Gasteiger charge is 2.24. The van der Waals surface area contributed by atoms with E-state index in [0.29, 0.717) is 11.8 Å². The summed E-state index contributed by atoms with van der Waals surface area (Å²) in [5, 5.41) is 0. The largest absolute Gasteiger partial charge is 0.428 e. The van der Waals surface area contributed by atoms with Crippen LogP contribution in [-0.4, -0.2) is 5.75 Å². The predicted molar refractivity (Wildman–Crippen MR) is 148 cm³/mol. The standard InChI is InChI=1S/C28H35O2PS2/c1-5-22(3)25-14-10-16-27(20-25)29-31(32,33-19-18-24-12-8-7-9-13-24)30-28-17-11-15-26(21-28)23(4)6-2/h7-17,20-23H,5-6,18-19H2,1-4H3. The van der Waals surface area contributed by atoms with Crippen molar-refractivity contribution >= 4 is 28.9 Å². The third-order valence-corrected chi connectivity index (χ3v) is 10.9. The first kappa shape index (κ1) is 25.9. The molecule has 0 saturated carbocycles. The topological polar surface area (TPSA) is 18.5 Å².